The number of nitrogens with one attached hydrogen (secondary N) is 2. The molecule has 4 rings (SSSR count). The van der Waals surface area contributed by atoms with Gasteiger partial charge in [0.15, 0.2) is 0 Å². The first kappa shape index (κ1) is 16.5. The summed E-state index contributed by atoms with van der Waals surface area (Å²) in [5.41, 5.74) is 3.56. The molecule has 0 fully saturated rings. The number of para-hydroxylation sites is 2. The van der Waals surface area contributed by atoms with Crippen molar-refractivity contribution >= 4 is 22.8 Å². The normalized spacial score (nSPS) is 11.2. The lowest BCUT2D eigenvalue weighted by Gasteiger charge is -2.06. The average molecular weight is 366 g/mol. The summed E-state index contributed by atoms with van der Waals surface area (Å²) in [7, 11) is 1.66. The van der Waals surface area contributed by atoms with Gasteiger partial charge in [-0.3, -0.25) is 9.89 Å². The smallest absolute Gasteiger partial charge is 0.274 e. The fourth-order valence-electron chi connectivity index (χ4n) is 2.80. The number of ether oxygens (including phenoxy) is 1. The van der Waals surface area contributed by atoms with E-state index in [1.807, 2.05) is 43.3 Å². The van der Waals surface area contributed by atoms with Crippen LogP contribution in [0.1, 0.15) is 11.3 Å². The topological polar surface area (TPSA) is 75.7 Å². The molecule has 7 heteroatoms. The van der Waals surface area contributed by atoms with Crippen LogP contribution in [0.4, 0.5) is 0 Å². The number of hydrogen-bond acceptors (Lipinski definition) is 4. The molecule has 0 aliphatic rings. The summed E-state index contributed by atoms with van der Waals surface area (Å²) in [5.74, 6) is 1.97. The summed E-state index contributed by atoms with van der Waals surface area (Å²) in [6.45, 7) is 2.03. The first-order valence-electron chi connectivity index (χ1n) is 8.17. The highest BCUT2D eigenvalue weighted by Gasteiger charge is 2.10. The number of aromatic amines is 2. The number of aromatic nitrogens is 4. The Kier molecular flexibility index (Phi) is 4.30. The minimum Gasteiger partial charge on any atom is -0.497 e. The molecule has 0 spiro atoms. The van der Waals surface area contributed by atoms with Crippen LogP contribution >= 0.6 is 11.8 Å². The number of hydrogen-bond donors (Lipinski definition) is 2. The first-order valence-corrected chi connectivity index (χ1v) is 9.15. The molecule has 0 unspecified atom stereocenters. The fraction of sp³-hybridized carbons (Fsp3) is 0.158. The highest BCUT2D eigenvalue weighted by Crippen LogP contribution is 2.27. The highest BCUT2D eigenvalue weighted by molar-refractivity contribution is 7.98. The minimum atomic E-state index is -0.138. The van der Waals surface area contributed by atoms with Crippen LogP contribution in [-0.4, -0.2) is 26.9 Å². The fourth-order valence-corrected chi connectivity index (χ4v) is 3.74. The lowest BCUT2D eigenvalue weighted by atomic mass is 10.2. The molecule has 0 saturated carbocycles. The molecular weight excluding hydrogens is 348 g/mol. The van der Waals surface area contributed by atoms with E-state index < -0.39 is 0 Å². The Bertz CT molecular complexity index is 1090. The summed E-state index contributed by atoms with van der Waals surface area (Å²) in [6, 6.07) is 15.4. The Hall–Kier alpha value is -2.93. The van der Waals surface area contributed by atoms with Gasteiger partial charge in [0.05, 0.1) is 18.1 Å². The van der Waals surface area contributed by atoms with Gasteiger partial charge in [0.2, 0.25) is 5.95 Å². The van der Waals surface area contributed by atoms with Crippen molar-refractivity contribution in [2.75, 3.05) is 7.11 Å². The molecule has 4 aromatic rings. The van der Waals surface area contributed by atoms with Crippen molar-refractivity contribution in [3.8, 4) is 11.7 Å². The van der Waals surface area contributed by atoms with Crippen molar-refractivity contribution in [3.63, 3.8) is 0 Å². The average Bonchev–Trinajstić information content (AvgIpc) is 3.22. The van der Waals surface area contributed by atoms with Gasteiger partial charge >= 0.3 is 0 Å². The third kappa shape index (κ3) is 3.25. The van der Waals surface area contributed by atoms with E-state index in [1.54, 1.807) is 24.9 Å². The van der Waals surface area contributed by atoms with Crippen LogP contribution in [0.5, 0.6) is 5.75 Å². The molecule has 132 valence electrons. The van der Waals surface area contributed by atoms with Crippen molar-refractivity contribution in [2.24, 2.45) is 0 Å². The summed E-state index contributed by atoms with van der Waals surface area (Å²) in [6.07, 6.45) is 0. The second-order valence-corrected chi connectivity index (χ2v) is 7.06. The number of H-pyrrole nitrogens is 2. The maximum atomic E-state index is 12.3. The molecule has 26 heavy (non-hydrogen) atoms. The van der Waals surface area contributed by atoms with E-state index in [9.17, 15) is 4.79 Å². The Morgan fingerprint density at radius 1 is 1.19 bits per heavy atom. The zero-order chi connectivity index (χ0) is 18.1. The van der Waals surface area contributed by atoms with Crippen molar-refractivity contribution in [1.29, 1.82) is 0 Å². The van der Waals surface area contributed by atoms with Gasteiger partial charge in [-0.15, -0.1) is 11.8 Å². The third-order valence-electron chi connectivity index (χ3n) is 4.02. The third-order valence-corrected chi connectivity index (χ3v) is 5.04. The largest absolute Gasteiger partial charge is 0.497 e. The van der Waals surface area contributed by atoms with Crippen molar-refractivity contribution < 1.29 is 4.74 Å². The van der Waals surface area contributed by atoms with Crippen LogP contribution in [-0.2, 0) is 5.75 Å². The number of fused-ring (bicyclic) bond motifs is 1. The summed E-state index contributed by atoms with van der Waals surface area (Å²) >= 11 is 1.65. The molecule has 2 aromatic heterocycles. The van der Waals surface area contributed by atoms with Gasteiger partial charge < -0.3 is 9.72 Å². The van der Waals surface area contributed by atoms with Gasteiger partial charge in [-0.25, -0.2) is 4.98 Å². The van der Waals surface area contributed by atoms with Crippen LogP contribution in [0.25, 0.3) is 17.0 Å². The van der Waals surface area contributed by atoms with E-state index in [2.05, 4.69) is 21.1 Å². The van der Waals surface area contributed by atoms with Gasteiger partial charge in [-0.1, -0.05) is 12.1 Å². The van der Waals surface area contributed by atoms with E-state index >= 15 is 0 Å². The molecular formula is C19H18N4O2S. The van der Waals surface area contributed by atoms with Crippen molar-refractivity contribution in [2.45, 2.75) is 17.6 Å². The van der Waals surface area contributed by atoms with E-state index in [0.717, 1.165) is 32.9 Å². The van der Waals surface area contributed by atoms with Crippen LogP contribution in [0, 0.1) is 6.92 Å². The molecule has 2 heterocycles. The maximum Gasteiger partial charge on any atom is 0.274 e. The maximum absolute atomic E-state index is 12.3. The molecule has 0 radical (unpaired) electrons. The molecule has 0 aliphatic heterocycles. The Balaban J connectivity index is 1.57. The predicted molar refractivity (Wildman–Crippen MR) is 103 cm³/mol. The molecule has 0 saturated heterocycles. The number of imidazole rings is 1. The zero-order valence-corrected chi connectivity index (χ0v) is 15.3. The SMILES string of the molecule is COc1cc(C)cc(SCc2cc(=O)n(-c3nc4ccccc4[nH]3)[nH]2)c1. The molecule has 2 aromatic carbocycles. The van der Waals surface area contributed by atoms with Crippen LogP contribution < -0.4 is 10.3 Å². The van der Waals surface area contributed by atoms with E-state index in [1.165, 1.54) is 4.68 Å². The summed E-state index contributed by atoms with van der Waals surface area (Å²) in [5, 5.41) is 3.13. The number of methoxy groups -OCH3 is 1. The standard InChI is InChI=1S/C19H18N4O2S/c1-12-7-14(25-2)10-15(8-12)26-11-13-9-18(24)23(22-13)19-20-16-5-3-4-6-17(16)21-19/h3-10,22H,11H2,1-2H3,(H,20,21). The van der Waals surface area contributed by atoms with Gasteiger partial charge in [-0.05, 0) is 42.8 Å². The minimum absolute atomic E-state index is 0.138. The van der Waals surface area contributed by atoms with Gasteiger partial charge in [0.25, 0.3) is 5.56 Å². The number of thioether (sulfide) groups is 1. The van der Waals surface area contributed by atoms with E-state index in [-0.39, 0.29) is 5.56 Å². The van der Waals surface area contributed by atoms with Crippen molar-refractivity contribution in [1.82, 2.24) is 19.7 Å². The first-order chi connectivity index (χ1) is 12.6. The molecule has 0 amide bonds. The lowest BCUT2D eigenvalue weighted by Crippen LogP contribution is -2.14. The zero-order valence-electron chi connectivity index (χ0n) is 14.4. The Morgan fingerprint density at radius 2 is 2.04 bits per heavy atom. The number of nitrogens with zero attached hydrogens (tertiary/aromatic N) is 2. The van der Waals surface area contributed by atoms with E-state index in [0.29, 0.717) is 11.7 Å². The second kappa shape index (κ2) is 6.76. The van der Waals surface area contributed by atoms with Crippen LogP contribution in [0.2, 0.25) is 0 Å². The molecule has 0 bridgehead atoms. The number of aryl methyl sites for hydroxylation is 1. The lowest BCUT2D eigenvalue weighted by molar-refractivity contribution is 0.413. The highest BCUT2D eigenvalue weighted by atomic mass is 32.2. The number of benzene rings is 2. The molecule has 0 atom stereocenters. The Morgan fingerprint density at radius 3 is 2.85 bits per heavy atom. The van der Waals surface area contributed by atoms with E-state index in [4.69, 9.17) is 4.74 Å². The molecule has 2 N–H and O–H groups in total. The summed E-state index contributed by atoms with van der Waals surface area (Å²) in [4.78, 5) is 21.0. The van der Waals surface area contributed by atoms with Crippen LogP contribution in [0.3, 0.4) is 0 Å². The number of rotatable bonds is 5. The predicted octanol–water partition coefficient (Wildman–Crippen LogP) is 3.65. The second-order valence-electron chi connectivity index (χ2n) is 6.01. The quantitative estimate of drug-likeness (QED) is 0.529. The van der Waals surface area contributed by atoms with Crippen molar-refractivity contribution in [3.05, 3.63) is 70.1 Å². The Labute approximate surface area is 154 Å². The molecule has 6 nitrogen and oxygen atoms in total. The van der Waals surface area contributed by atoms with Gasteiger partial charge in [0.1, 0.15) is 5.75 Å². The van der Waals surface area contributed by atoms with Gasteiger partial charge in [-0.2, -0.15) is 4.68 Å². The van der Waals surface area contributed by atoms with Gasteiger partial charge in [0, 0.05) is 22.4 Å². The van der Waals surface area contributed by atoms with Crippen LogP contribution in [0.15, 0.2) is 58.2 Å². The molecule has 0 aliphatic carbocycles. The summed E-state index contributed by atoms with van der Waals surface area (Å²) < 4.78 is 6.75. The monoisotopic (exact) mass is 366 g/mol.